The standard InChI is InChI=1S/C26H22N4OS2/c1-26(19-7-3-2-4-8-19,15-23-29-20-9-5-6-10-22(20)33-23)25(31)28-16-24-30-21(17-32-24)18-11-13-27-14-12-18/h2-14,17H,15-16H2,1H3,(H,28,31). The normalized spacial score (nSPS) is 13.0. The summed E-state index contributed by atoms with van der Waals surface area (Å²) in [5.74, 6) is -0.0337. The lowest BCUT2D eigenvalue weighted by Crippen LogP contribution is -2.43. The van der Waals surface area contributed by atoms with E-state index in [-0.39, 0.29) is 5.91 Å². The van der Waals surface area contributed by atoms with Crippen molar-refractivity contribution in [1.29, 1.82) is 0 Å². The Morgan fingerprint density at radius 3 is 2.48 bits per heavy atom. The van der Waals surface area contributed by atoms with Gasteiger partial charge in [-0.05, 0) is 36.8 Å². The molecule has 5 rings (SSSR count). The number of fused-ring (bicyclic) bond motifs is 1. The summed E-state index contributed by atoms with van der Waals surface area (Å²) in [6, 6.07) is 21.9. The third-order valence-corrected chi connectivity index (χ3v) is 7.57. The van der Waals surface area contributed by atoms with E-state index in [2.05, 4.69) is 21.4 Å². The molecule has 5 nitrogen and oxygen atoms in total. The number of para-hydroxylation sites is 1. The first-order chi connectivity index (χ1) is 16.1. The van der Waals surface area contributed by atoms with E-state index < -0.39 is 5.41 Å². The van der Waals surface area contributed by atoms with Gasteiger partial charge < -0.3 is 5.32 Å². The Bertz CT molecular complexity index is 1350. The third kappa shape index (κ3) is 4.55. The maximum atomic E-state index is 13.6. The Kier molecular flexibility index (Phi) is 5.98. The number of nitrogens with one attached hydrogen (secondary N) is 1. The molecule has 2 aromatic carbocycles. The summed E-state index contributed by atoms with van der Waals surface area (Å²) in [7, 11) is 0. The molecule has 0 aliphatic rings. The van der Waals surface area contributed by atoms with Gasteiger partial charge in [0.1, 0.15) is 5.01 Å². The van der Waals surface area contributed by atoms with Gasteiger partial charge in [0.05, 0.1) is 32.9 Å². The predicted octanol–water partition coefficient (Wildman–Crippen LogP) is 5.63. The molecule has 0 fully saturated rings. The van der Waals surface area contributed by atoms with E-state index in [1.807, 2.05) is 73.0 Å². The number of thiazole rings is 2. The van der Waals surface area contributed by atoms with Crippen LogP contribution in [0.5, 0.6) is 0 Å². The van der Waals surface area contributed by atoms with Crippen molar-refractivity contribution in [2.75, 3.05) is 0 Å². The molecule has 1 amide bonds. The number of hydrogen-bond acceptors (Lipinski definition) is 6. The molecule has 0 saturated heterocycles. The fourth-order valence-corrected chi connectivity index (χ4v) is 5.68. The van der Waals surface area contributed by atoms with Crippen molar-refractivity contribution in [2.24, 2.45) is 0 Å². The van der Waals surface area contributed by atoms with Crippen LogP contribution >= 0.6 is 22.7 Å². The summed E-state index contributed by atoms with van der Waals surface area (Å²) in [5, 5.41) is 6.96. The monoisotopic (exact) mass is 470 g/mol. The number of hydrogen-bond donors (Lipinski definition) is 1. The van der Waals surface area contributed by atoms with Crippen molar-refractivity contribution in [1.82, 2.24) is 20.3 Å². The third-order valence-electron chi connectivity index (χ3n) is 5.68. The highest BCUT2D eigenvalue weighted by atomic mass is 32.1. The van der Waals surface area contributed by atoms with Crippen molar-refractivity contribution in [3.8, 4) is 11.3 Å². The highest BCUT2D eigenvalue weighted by Gasteiger charge is 2.36. The summed E-state index contributed by atoms with van der Waals surface area (Å²) in [6.07, 6.45) is 4.04. The molecular weight excluding hydrogens is 448 g/mol. The van der Waals surface area contributed by atoms with Crippen LogP contribution in [-0.2, 0) is 23.2 Å². The molecule has 0 saturated carbocycles. The molecular formula is C26H22N4OS2. The van der Waals surface area contributed by atoms with Crippen LogP contribution < -0.4 is 5.32 Å². The van der Waals surface area contributed by atoms with E-state index in [1.54, 1.807) is 35.1 Å². The number of pyridine rings is 1. The molecule has 7 heteroatoms. The lowest BCUT2D eigenvalue weighted by molar-refractivity contribution is -0.126. The molecule has 0 bridgehead atoms. The molecule has 0 spiro atoms. The molecule has 164 valence electrons. The summed E-state index contributed by atoms with van der Waals surface area (Å²) in [5.41, 5.74) is 3.11. The summed E-state index contributed by atoms with van der Waals surface area (Å²) >= 11 is 3.19. The van der Waals surface area contributed by atoms with Crippen LogP contribution in [0.15, 0.2) is 84.5 Å². The van der Waals surface area contributed by atoms with Crippen molar-refractivity contribution in [3.05, 3.63) is 100 Å². The average Bonchev–Trinajstić information content (AvgIpc) is 3.50. The molecule has 3 aromatic heterocycles. The lowest BCUT2D eigenvalue weighted by Gasteiger charge is -2.28. The van der Waals surface area contributed by atoms with Gasteiger partial charge in [0.2, 0.25) is 5.91 Å². The van der Waals surface area contributed by atoms with Gasteiger partial charge >= 0.3 is 0 Å². The van der Waals surface area contributed by atoms with Crippen LogP contribution in [0.2, 0.25) is 0 Å². The molecule has 1 unspecified atom stereocenters. The Balaban J connectivity index is 1.37. The zero-order chi connectivity index (χ0) is 22.7. The van der Waals surface area contributed by atoms with Gasteiger partial charge in [-0.3, -0.25) is 9.78 Å². The van der Waals surface area contributed by atoms with Crippen LogP contribution in [-0.4, -0.2) is 20.9 Å². The largest absolute Gasteiger partial charge is 0.349 e. The van der Waals surface area contributed by atoms with Gasteiger partial charge in [0.15, 0.2) is 0 Å². The number of amides is 1. The Morgan fingerprint density at radius 2 is 1.70 bits per heavy atom. The van der Waals surface area contributed by atoms with E-state index in [0.717, 1.165) is 37.1 Å². The highest BCUT2D eigenvalue weighted by molar-refractivity contribution is 7.18. The van der Waals surface area contributed by atoms with Crippen molar-refractivity contribution in [2.45, 2.75) is 25.3 Å². The highest BCUT2D eigenvalue weighted by Crippen LogP contribution is 2.32. The first-order valence-corrected chi connectivity index (χ1v) is 12.3. The van der Waals surface area contributed by atoms with Crippen LogP contribution in [0.4, 0.5) is 0 Å². The van der Waals surface area contributed by atoms with Gasteiger partial charge in [-0.25, -0.2) is 9.97 Å². The van der Waals surface area contributed by atoms with E-state index in [1.165, 1.54) is 0 Å². The molecule has 5 aromatic rings. The summed E-state index contributed by atoms with van der Waals surface area (Å²) < 4.78 is 1.13. The quantitative estimate of drug-likeness (QED) is 0.335. The van der Waals surface area contributed by atoms with Gasteiger partial charge in [-0.1, -0.05) is 42.5 Å². The second-order valence-corrected chi connectivity index (χ2v) is 10.1. The zero-order valence-electron chi connectivity index (χ0n) is 18.1. The minimum absolute atomic E-state index is 0.0337. The van der Waals surface area contributed by atoms with Crippen LogP contribution in [0.3, 0.4) is 0 Å². The number of benzene rings is 2. The molecule has 0 radical (unpaired) electrons. The van der Waals surface area contributed by atoms with Gasteiger partial charge in [0.25, 0.3) is 0 Å². The summed E-state index contributed by atoms with van der Waals surface area (Å²) in [4.78, 5) is 27.1. The summed E-state index contributed by atoms with van der Waals surface area (Å²) in [6.45, 7) is 2.38. The Hall–Kier alpha value is -3.42. The van der Waals surface area contributed by atoms with Gasteiger partial charge in [0, 0.05) is 29.8 Å². The Labute approximate surface area is 200 Å². The van der Waals surface area contributed by atoms with Crippen LogP contribution in [0, 0.1) is 0 Å². The topological polar surface area (TPSA) is 67.8 Å². The molecule has 3 heterocycles. The van der Waals surface area contributed by atoms with Gasteiger partial charge in [-0.15, -0.1) is 22.7 Å². The zero-order valence-corrected chi connectivity index (χ0v) is 19.7. The number of nitrogens with zero attached hydrogens (tertiary/aromatic N) is 3. The maximum absolute atomic E-state index is 13.6. The Morgan fingerprint density at radius 1 is 0.939 bits per heavy atom. The molecule has 0 aliphatic heterocycles. The van der Waals surface area contributed by atoms with Crippen molar-refractivity contribution < 1.29 is 4.79 Å². The maximum Gasteiger partial charge on any atom is 0.231 e. The fraction of sp³-hybridized carbons (Fsp3) is 0.154. The minimum atomic E-state index is -0.750. The number of carbonyl (C=O) groups excluding carboxylic acids is 1. The van der Waals surface area contributed by atoms with Gasteiger partial charge in [-0.2, -0.15) is 0 Å². The number of rotatable bonds is 7. The first kappa shape index (κ1) is 21.4. The second kappa shape index (κ2) is 9.21. The molecule has 1 N–H and O–H groups in total. The second-order valence-electron chi connectivity index (χ2n) is 8.00. The molecule has 0 aliphatic carbocycles. The van der Waals surface area contributed by atoms with Crippen LogP contribution in [0.25, 0.3) is 21.5 Å². The lowest BCUT2D eigenvalue weighted by atomic mass is 9.78. The average molecular weight is 471 g/mol. The van der Waals surface area contributed by atoms with E-state index in [0.29, 0.717) is 13.0 Å². The van der Waals surface area contributed by atoms with E-state index >= 15 is 0 Å². The van der Waals surface area contributed by atoms with Crippen molar-refractivity contribution in [3.63, 3.8) is 0 Å². The van der Waals surface area contributed by atoms with E-state index in [9.17, 15) is 4.79 Å². The molecule has 1 atom stereocenters. The van der Waals surface area contributed by atoms with Crippen molar-refractivity contribution >= 4 is 38.8 Å². The van der Waals surface area contributed by atoms with Crippen LogP contribution in [0.1, 0.15) is 22.5 Å². The number of aromatic nitrogens is 3. The SMILES string of the molecule is CC(Cc1nc2ccccc2s1)(C(=O)NCc1nc(-c2ccncc2)cs1)c1ccccc1. The fourth-order valence-electron chi connectivity index (χ4n) is 3.82. The minimum Gasteiger partial charge on any atom is -0.349 e. The smallest absolute Gasteiger partial charge is 0.231 e. The first-order valence-electron chi connectivity index (χ1n) is 10.6. The van der Waals surface area contributed by atoms with E-state index in [4.69, 9.17) is 4.98 Å². The number of carbonyl (C=O) groups is 1. The predicted molar refractivity (Wildman–Crippen MR) is 134 cm³/mol. The molecule has 33 heavy (non-hydrogen) atoms.